The number of rotatable bonds is 4. The molecule has 0 saturated carbocycles. The predicted octanol–water partition coefficient (Wildman–Crippen LogP) is 3.09. The van der Waals surface area contributed by atoms with Gasteiger partial charge in [-0.3, -0.25) is 14.2 Å². The third kappa shape index (κ3) is 3.40. The monoisotopic (exact) mass is 373 g/mol. The summed E-state index contributed by atoms with van der Waals surface area (Å²) in [6.45, 7) is 1.51. The molecule has 8 heteroatoms. The zero-order valence-electron chi connectivity index (χ0n) is 13.2. The molecule has 0 fully saturated rings. The molecule has 3 aromatic rings. The summed E-state index contributed by atoms with van der Waals surface area (Å²) in [7, 11) is 0. The molecule has 0 spiro atoms. The van der Waals surface area contributed by atoms with Gasteiger partial charge in [0.2, 0.25) is 5.28 Å². The van der Waals surface area contributed by atoms with E-state index in [2.05, 4.69) is 11.1 Å². The number of halogens is 1. The average Bonchev–Trinajstić information content (AvgIpc) is 3.00. The van der Waals surface area contributed by atoms with Crippen molar-refractivity contribution >= 4 is 39.1 Å². The molecule has 0 bridgehead atoms. The van der Waals surface area contributed by atoms with Crippen LogP contribution >= 0.6 is 22.9 Å². The van der Waals surface area contributed by atoms with Gasteiger partial charge in [0, 0.05) is 17.9 Å². The molecule has 0 atom stereocenters. The van der Waals surface area contributed by atoms with E-state index in [0.717, 1.165) is 0 Å². The van der Waals surface area contributed by atoms with Crippen LogP contribution in [0.1, 0.15) is 23.6 Å². The van der Waals surface area contributed by atoms with Gasteiger partial charge in [-0.1, -0.05) is 18.2 Å². The molecule has 1 aromatic carbocycles. The zero-order valence-corrected chi connectivity index (χ0v) is 14.7. The summed E-state index contributed by atoms with van der Waals surface area (Å²) in [4.78, 5) is 28.0. The summed E-state index contributed by atoms with van der Waals surface area (Å²) in [6.07, 6.45) is 0. The molecular weight excluding hydrogens is 362 g/mol. The number of esters is 1. The number of carbonyl (C=O) groups excluding carboxylic acids is 1. The Balaban J connectivity index is 2.05. The molecule has 2 aromatic heterocycles. The van der Waals surface area contributed by atoms with E-state index < -0.39 is 5.97 Å². The van der Waals surface area contributed by atoms with Crippen LogP contribution in [0.2, 0.25) is 5.28 Å². The molecular formula is C17H12ClN3O3S. The molecule has 6 nitrogen and oxygen atoms in total. The van der Waals surface area contributed by atoms with Gasteiger partial charge < -0.3 is 4.74 Å². The highest BCUT2D eigenvalue weighted by atomic mass is 35.5. The molecule has 0 aliphatic rings. The Morgan fingerprint density at radius 2 is 2.16 bits per heavy atom. The van der Waals surface area contributed by atoms with Gasteiger partial charge in [0.1, 0.15) is 11.3 Å². The van der Waals surface area contributed by atoms with Gasteiger partial charge in [-0.15, -0.1) is 11.3 Å². The summed E-state index contributed by atoms with van der Waals surface area (Å²) in [5.41, 5.74) is 1.95. The first kappa shape index (κ1) is 17.1. The standard InChI is InChI=1S/C17H12ClN3O3S/c1-10(22)24-8-13-9-25-15-14(13)20-17(18)21(16(15)23)7-12-5-3-2-4-11(12)6-19/h2-5,9H,7-8H2,1H3. The third-order valence-electron chi connectivity index (χ3n) is 3.60. The van der Waals surface area contributed by atoms with Crippen LogP contribution < -0.4 is 5.56 Å². The van der Waals surface area contributed by atoms with Crippen molar-refractivity contribution in [2.75, 3.05) is 0 Å². The summed E-state index contributed by atoms with van der Waals surface area (Å²) in [5.74, 6) is -0.410. The van der Waals surface area contributed by atoms with Gasteiger partial charge >= 0.3 is 5.97 Å². The number of fused-ring (bicyclic) bond motifs is 1. The molecule has 0 amide bonds. The Labute approximate surface area is 151 Å². The fourth-order valence-corrected chi connectivity index (χ4v) is 3.54. The van der Waals surface area contributed by atoms with Crippen molar-refractivity contribution in [3.63, 3.8) is 0 Å². The smallest absolute Gasteiger partial charge is 0.302 e. The van der Waals surface area contributed by atoms with Crippen LogP contribution in [0.4, 0.5) is 0 Å². The number of thiophene rings is 1. The number of nitrogens with zero attached hydrogens (tertiary/aromatic N) is 3. The second-order valence-corrected chi connectivity index (χ2v) is 6.48. The highest BCUT2D eigenvalue weighted by molar-refractivity contribution is 7.17. The van der Waals surface area contributed by atoms with Gasteiger partial charge in [0.25, 0.3) is 5.56 Å². The van der Waals surface area contributed by atoms with Crippen LogP contribution in [0.15, 0.2) is 34.4 Å². The van der Waals surface area contributed by atoms with Gasteiger partial charge in [0.15, 0.2) is 0 Å². The van der Waals surface area contributed by atoms with Crippen LogP contribution in [0.5, 0.6) is 0 Å². The molecule has 25 heavy (non-hydrogen) atoms. The first-order valence-corrected chi connectivity index (χ1v) is 8.54. The van der Waals surface area contributed by atoms with Crippen LogP contribution in [-0.4, -0.2) is 15.5 Å². The zero-order chi connectivity index (χ0) is 18.0. The number of hydrogen-bond acceptors (Lipinski definition) is 6. The highest BCUT2D eigenvalue weighted by Crippen LogP contribution is 2.24. The molecule has 0 unspecified atom stereocenters. The molecule has 0 aliphatic heterocycles. The number of aromatic nitrogens is 2. The van der Waals surface area contributed by atoms with Crippen LogP contribution in [0.3, 0.4) is 0 Å². The van der Waals surface area contributed by atoms with E-state index in [1.54, 1.807) is 29.6 Å². The normalized spacial score (nSPS) is 10.6. The van der Waals surface area contributed by atoms with E-state index >= 15 is 0 Å². The molecule has 2 heterocycles. The maximum Gasteiger partial charge on any atom is 0.302 e. The van der Waals surface area contributed by atoms with E-state index in [0.29, 0.717) is 26.9 Å². The van der Waals surface area contributed by atoms with Gasteiger partial charge in [-0.25, -0.2) is 4.98 Å². The second-order valence-electron chi connectivity index (χ2n) is 5.26. The Kier molecular flexibility index (Phi) is 4.83. The van der Waals surface area contributed by atoms with Crippen molar-refractivity contribution in [1.29, 1.82) is 5.26 Å². The lowest BCUT2D eigenvalue weighted by atomic mass is 10.1. The third-order valence-corrected chi connectivity index (χ3v) is 4.90. The first-order valence-electron chi connectivity index (χ1n) is 7.29. The predicted molar refractivity (Wildman–Crippen MR) is 94.6 cm³/mol. The fourth-order valence-electron chi connectivity index (χ4n) is 2.38. The van der Waals surface area contributed by atoms with Crippen molar-refractivity contribution in [2.24, 2.45) is 0 Å². The Morgan fingerprint density at radius 1 is 1.40 bits per heavy atom. The largest absolute Gasteiger partial charge is 0.461 e. The van der Waals surface area contributed by atoms with Crippen LogP contribution in [-0.2, 0) is 22.7 Å². The summed E-state index contributed by atoms with van der Waals surface area (Å²) < 4.78 is 6.73. The van der Waals surface area contributed by atoms with Crippen LogP contribution in [0.25, 0.3) is 10.2 Å². The Morgan fingerprint density at radius 3 is 2.88 bits per heavy atom. The van der Waals surface area contributed by atoms with E-state index in [1.807, 2.05) is 0 Å². The number of hydrogen-bond donors (Lipinski definition) is 0. The van der Waals surface area contributed by atoms with E-state index in [1.165, 1.54) is 22.8 Å². The van der Waals surface area contributed by atoms with Crippen molar-refractivity contribution in [3.05, 3.63) is 62.0 Å². The molecule has 0 saturated heterocycles. The summed E-state index contributed by atoms with van der Waals surface area (Å²) in [5, 5.41) is 10.9. The van der Waals surface area contributed by atoms with E-state index in [-0.39, 0.29) is 24.0 Å². The molecule has 0 aliphatic carbocycles. The lowest BCUT2D eigenvalue weighted by molar-refractivity contribution is -0.142. The Hall–Kier alpha value is -2.69. The Bertz CT molecular complexity index is 1070. The van der Waals surface area contributed by atoms with E-state index in [4.69, 9.17) is 16.3 Å². The van der Waals surface area contributed by atoms with Crippen molar-refractivity contribution in [1.82, 2.24) is 9.55 Å². The topological polar surface area (TPSA) is 85.0 Å². The molecule has 126 valence electrons. The number of carbonyl (C=O) groups is 1. The molecule has 3 rings (SSSR count). The number of benzene rings is 1. The van der Waals surface area contributed by atoms with Gasteiger partial charge in [-0.05, 0) is 23.2 Å². The SMILES string of the molecule is CC(=O)OCc1csc2c(=O)n(Cc3ccccc3C#N)c(Cl)nc12. The van der Waals surface area contributed by atoms with Crippen molar-refractivity contribution < 1.29 is 9.53 Å². The minimum Gasteiger partial charge on any atom is -0.461 e. The van der Waals surface area contributed by atoms with Crippen LogP contribution in [0, 0.1) is 11.3 Å². The minimum atomic E-state index is -0.410. The van der Waals surface area contributed by atoms with Gasteiger partial charge in [0.05, 0.1) is 23.7 Å². The molecule has 0 N–H and O–H groups in total. The van der Waals surface area contributed by atoms with Gasteiger partial charge in [-0.2, -0.15) is 5.26 Å². The lowest BCUT2D eigenvalue weighted by Crippen LogP contribution is -2.22. The fraction of sp³-hybridized carbons (Fsp3) is 0.176. The summed E-state index contributed by atoms with van der Waals surface area (Å²) >= 11 is 7.44. The average molecular weight is 374 g/mol. The first-order chi connectivity index (χ1) is 12.0. The maximum absolute atomic E-state index is 12.8. The quantitative estimate of drug-likeness (QED) is 0.518. The number of nitriles is 1. The second kappa shape index (κ2) is 7.05. The summed E-state index contributed by atoms with van der Waals surface area (Å²) in [6, 6.07) is 9.11. The maximum atomic E-state index is 12.8. The van der Waals surface area contributed by atoms with Crippen molar-refractivity contribution in [2.45, 2.75) is 20.1 Å². The molecule has 0 radical (unpaired) electrons. The minimum absolute atomic E-state index is 0.0210. The highest BCUT2D eigenvalue weighted by Gasteiger charge is 2.16. The lowest BCUT2D eigenvalue weighted by Gasteiger charge is -2.09. The van der Waals surface area contributed by atoms with Crippen molar-refractivity contribution in [3.8, 4) is 6.07 Å². The number of ether oxygens (including phenoxy) is 1. The van der Waals surface area contributed by atoms with E-state index in [9.17, 15) is 14.9 Å².